The fourth-order valence-electron chi connectivity index (χ4n) is 2.78. The van der Waals surface area contributed by atoms with E-state index >= 15 is 0 Å². The Balaban J connectivity index is 0.000000200. The van der Waals surface area contributed by atoms with Crippen molar-refractivity contribution in [2.24, 2.45) is 0 Å². The van der Waals surface area contributed by atoms with Crippen LogP contribution in [-0.4, -0.2) is 11.9 Å². The van der Waals surface area contributed by atoms with Crippen LogP contribution >= 0.6 is 23.2 Å². The number of hydrogen-bond donors (Lipinski definition) is 0. The molecule has 0 heterocycles. The summed E-state index contributed by atoms with van der Waals surface area (Å²) in [5.41, 5.74) is 0.0655. The number of rotatable bonds is 2. The normalized spacial score (nSPS) is 10.0. The van der Waals surface area contributed by atoms with E-state index in [0.29, 0.717) is 0 Å². The third kappa shape index (κ3) is 5.07. The first-order valence-corrected chi connectivity index (χ1v) is 8.93. The molecular weight excluding hydrogens is 600 g/mol. The van der Waals surface area contributed by atoms with Crippen LogP contribution in [0.4, 0.5) is 0 Å². The summed E-state index contributed by atoms with van der Waals surface area (Å²) in [5.74, 6) is -2.50. The van der Waals surface area contributed by atoms with Crippen molar-refractivity contribution in [3.8, 4) is 0 Å². The van der Waals surface area contributed by atoms with Crippen molar-refractivity contribution in [1.29, 1.82) is 0 Å². The number of hydrogen-bond acceptors (Lipinski definition) is 4. The summed E-state index contributed by atoms with van der Waals surface area (Å²) in [6.45, 7) is 0. The molecule has 7 heteroatoms. The van der Waals surface area contributed by atoms with E-state index in [9.17, 15) is 19.8 Å². The van der Waals surface area contributed by atoms with Crippen LogP contribution in [0.25, 0.3) is 21.5 Å². The van der Waals surface area contributed by atoms with Crippen LogP contribution in [0.1, 0.15) is 20.7 Å². The van der Waals surface area contributed by atoms with E-state index in [1.54, 1.807) is 24.3 Å². The number of carbonyl (C=O) groups excluding carboxylic acids is 2. The van der Waals surface area contributed by atoms with Gasteiger partial charge in [0.1, 0.15) is 0 Å². The number of fused-ring (bicyclic) bond motifs is 2. The van der Waals surface area contributed by atoms with Crippen molar-refractivity contribution in [3.05, 3.63) is 94.0 Å². The van der Waals surface area contributed by atoms with Crippen LogP contribution in [0.15, 0.2) is 72.8 Å². The van der Waals surface area contributed by atoms with Gasteiger partial charge in [-0.3, -0.25) is 0 Å². The van der Waals surface area contributed by atoms with Gasteiger partial charge in [-0.25, -0.2) is 0 Å². The quantitative estimate of drug-likeness (QED) is 0.324. The Kier molecular flexibility index (Phi) is 8.02. The third-order valence-corrected chi connectivity index (χ3v) is 4.98. The summed E-state index contributed by atoms with van der Waals surface area (Å²) in [5, 5.41) is 25.1. The molecule has 0 aliphatic rings. The Morgan fingerprint density at radius 1 is 0.586 bits per heavy atom. The van der Waals surface area contributed by atoms with Gasteiger partial charge in [0.2, 0.25) is 0 Å². The number of carboxylic acid groups (broad SMARTS) is 2. The average Bonchev–Trinajstić information content (AvgIpc) is 2.69. The van der Waals surface area contributed by atoms with Crippen LogP contribution in [0.5, 0.6) is 0 Å². The summed E-state index contributed by atoms with van der Waals surface area (Å²) in [6.07, 6.45) is 0. The molecule has 4 aromatic carbocycles. The Morgan fingerprint density at radius 2 is 0.931 bits per heavy atom. The van der Waals surface area contributed by atoms with E-state index in [0.717, 1.165) is 21.5 Å². The van der Waals surface area contributed by atoms with Gasteiger partial charge in [0.25, 0.3) is 0 Å². The zero-order valence-corrected chi connectivity index (χ0v) is 22.0. The smallest absolute Gasteiger partial charge is 0.545 e. The number of carbonyl (C=O) groups is 2. The van der Waals surface area contributed by atoms with Crippen molar-refractivity contribution >= 4 is 56.7 Å². The molecule has 140 valence electrons. The van der Waals surface area contributed by atoms with Gasteiger partial charge in [-0.05, 0) is 10.8 Å². The standard InChI is InChI=1S/2C11H7ClO2.Hg/c2*12-10-8-4-2-1-3-7(8)5-6-9(10)11(13)14;/h2*1-6H,(H,13,14);/q;;+2/p-2. The topological polar surface area (TPSA) is 80.3 Å². The van der Waals surface area contributed by atoms with Gasteiger partial charge in [-0.15, -0.1) is 0 Å². The average molecular weight is 612 g/mol. The van der Waals surface area contributed by atoms with Crippen LogP contribution in [-0.2, 0) is 27.7 Å². The molecular formula is C22H12Cl2HgO4. The number of halogens is 2. The molecule has 0 aliphatic heterocycles. The van der Waals surface area contributed by atoms with E-state index in [1.165, 1.54) is 12.1 Å². The molecule has 0 aliphatic carbocycles. The van der Waals surface area contributed by atoms with E-state index in [-0.39, 0.29) is 48.8 Å². The maximum absolute atomic E-state index is 10.7. The van der Waals surface area contributed by atoms with E-state index < -0.39 is 11.9 Å². The molecule has 0 saturated heterocycles. The molecule has 0 N–H and O–H groups in total. The van der Waals surface area contributed by atoms with E-state index in [1.807, 2.05) is 36.4 Å². The van der Waals surface area contributed by atoms with Crippen LogP contribution in [0.2, 0.25) is 10.0 Å². The molecule has 4 rings (SSSR count). The molecule has 0 radical (unpaired) electrons. The Morgan fingerprint density at radius 3 is 1.28 bits per heavy atom. The van der Waals surface area contributed by atoms with Gasteiger partial charge in [0.15, 0.2) is 0 Å². The summed E-state index contributed by atoms with van der Waals surface area (Å²) in [7, 11) is 0. The van der Waals surface area contributed by atoms with Gasteiger partial charge >= 0.3 is 27.7 Å². The second-order valence-electron chi connectivity index (χ2n) is 5.87. The molecule has 0 spiro atoms. The first kappa shape index (κ1) is 23.1. The minimum Gasteiger partial charge on any atom is -0.545 e. The van der Waals surface area contributed by atoms with Gasteiger partial charge in [-0.1, -0.05) is 96.0 Å². The first-order chi connectivity index (χ1) is 13.4. The second-order valence-corrected chi connectivity index (χ2v) is 6.63. The molecule has 0 saturated carbocycles. The van der Waals surface area contributed by atoms with Crippen LogP contribution in [0, 0.1) is 0 Å². The maximum Gasteiger partial charge on any atom is 2.00 e. The minimum atomic E-state index is -1.25. The predicted molar refractivity (Wildman–Crippen MR) is 107 cm³/mol. The summed E-state index contributed by atoms with van der Waals surface area (Å²) >= 11 is 11.8. The Bertz CT molecular complexity index is 1110. The predicted octanol–water partition coefficient (Wildman–Crippen LogP) is 3.71. The third-order valence-electron chi connectivity index (χ3n) is 4.17. The number of aromatic carboxylic acids is 2. The van der Waals surface area contributed by atoms with Crippen molar-refractivity contribution in [2.45, 2.75) is 0 Å². The molecule has 0 fully saturated rings. The zero-order valence-electron chi connectivity index (χ0n) is 15.0. The summed E-state index contributed by atoms with van der Waals surface area (Å²) in [4.78, 5) is 21.3. The zero-order chi connectivity index (χ0) is 20.3. The van der Waals surface area contributed by atoms with E-state index in [2.05, 4.69) is 0 Å². The van der Waals surface area contributed by atoms with E-state index in [4.69, 9.17) is 23.2 Å². The number of benzene rings is 4. The molecule has 0 bridgehead atoms. The second kappa shape index (κ2) is 10.1. The van der Waals surface area contributed by atoms with Crippen LogP contribution < -0.4 is 10.2 Å². The molecule has 4 nitrogen and oxygen atoms in total. The molecule has 0 aromatic heterocycles. The maximum atomic E-state index is 10.7. The molecule has 0 unspecified atom stereocenters. The molecule has 4 aromatic rings. The van der Waals surface area contributed by atoms with Crippen molar-refractivity contribution in [3.63, 3.8) is 0 Å². The molecule has 0 atom stereocenters. The number of carboxylic acids is 2. The first-order valence-electron chi connectivity index (χ1n) is 8.17. The minimum absolute atomic E-state index is 0. The fraction of sp³-hybridized carbons (Fsp3) is 0. The summed E-state index contributed by atoms with van der Waals surface area (Å²) < 4.78 is 0. The molecule has 0 amide bonds. The Labute approximate surface area is 197 Å². The Hall–Kier alpha value is -2.14. The SMILES string of the molecule is O=C([O-])c1ccc2ccccc2c1Cl.O=C([O-])c1ccc2ccccc2c1Cl.[Hg+2]. The summed E-state index contributed by atoms with van der Waals surface area (Å²) in [6, 6.07) is 21.0. The van der Waals surface area contributed by atoms with Crippen LogP contribution in [0.3, 0.4) is 0 Å². The van der Waals surface area contributed by atoms with Crippen molar-refractivity contribution in [1.82, 2.24) is 0 Å². The van der Waals surface area contributed by atoms with Crippen molar-refractivity contribution < 1.29 is 47.5 Å². The monoisotopic (exact) mass is 612 g/mol. The van der Waals surface area contributed by atoms with Gasteiger partial charge < -0.3 is 19.8 Å². The van der Waals surface area contributed by atoms with Gasteiger partial charge in [0, 0.05) is 21.9 Å². The molecule has 29 heavy (non-hydrogen) atoms. The fourth-order valence-corrected chi connectivity index (χ4v) is 3.41. The largest absolute Gasteiger partial charge is 2.00 e. The van der Waals surface area contributed by atoms with Gasteiger partial charge in [0.05, 0.1) is 22.0 Å². The van der Waals surface area contributed by atoms with Crippen molar-refractivity contribution in [2.75, 3.05) is 0 Å². The van der Waals surface area contributed by atoms with Gasteiger partial charge in [-0.2, -0.15) is 0 Å².